The smallest absolute Gasteiger partial charge is 0.284 e. The minimum absolute atomic E-state index is 0.0405. The van der Waals surface area contributed by atoms with Crippen LogP contribution in [0, 0.1) is 6.92 Å². The van der Waals surface area contributed by atoms with Gasteiger partial charge in [-0.15, -0.1) is 0 Å². The molecular formula is C7H8ClN5O2S2. The van der Waals surface area contributed by atoms with Crippen molar-refractivity contribution in [1.82, 2.24) is 18.9 Å². The Balaban J connectivity index is 2.34. The highest BCUT2D eigenvalue weighted by Crippen LogP contribution is 2.22. The van der Waals surface area contributed by atoms with Gasteiger partial charge in [-0.2, -0.15) is 12.8 Å². The number of rotatable bonds is 3. The van der Waals surface area contributed by atoms with E-state index < -0.39 is 10.0 Å². The molecule has 0 saturated heterocycles. The van der Waals surface area contributed by atoms with Gasteiger partial charge in [0, 0.05) is 18.6 Å². The van der Waals surface area contributed by atoms with Gasteiger partial charge in [-0.1, -0.05) is 11.6 Å². The van der Waals surface area contributed by atoms with Gasteiger partial charge < -0.3 is 4.57 Å². The number of imidazole rings is 1. The van der Waals surface area contributed by atoms with E-state index in [2.05, 4.69) is 19.1 Å². The summed E-state index contributed by atoms with van der Waals surface area (Å²) < 4.78 is 31.4. The standard InChI is InChI=1S/C7H8ClN5O2S2/c1-4-10-7(16-11-4)12-17(14,15)6-5(8)13(2)3-9-6/h3H,1-2H3,(H,10,11,12). The molecule has 0 aliphatic rings. The number of nitrogens with one attached hydrogen (secondary N) is 1. The normalized spacial score (nSPS) is 11.7. The lowest BCUT2D eigenvalue weighted by Gasteiger charge is -2.01. The molecule has 0 atom stereocenters. The average molecular weight is 294 g/mol. The third-order valence-electron chi connectivity index (χ3n) is 1.84. The quantitative estimate of drug-likeness (QED) is 0.913. The zero-order valence-corrected chi connectivity index (χ0v) is 11.3. The molecule has 0 spiro atoms. The van der Waals surface area contributed by atoms with Crippen LogP contribution in [0.3, 0.4) is 0 Å². The van der Waals surface area contributed by atoms with Gasteiger partial charge in [0.25, 0.3) is 10.0 Å². The number of halogens is 1. The number of hydrogen-bond acceptors (Lipinski definition) is 6. The fourth-order valence-electron chi connectivity index (χ4n) is 1.08. The fraction of sp³-hybridized carbons (Fsp3) is 0.286. The third kappa shape index (κ3) is 2.40. The second kappa shape index (κ2) is 4.24. The first-order valence-corrected chi connectivity index (χ1v) is 7.03. The Morgan fingerprint density at radius 1 is 1.53 bits per heavy atom. The molecule has 0 aliphatic heterocycles. The summed E-state index contributed by atoms with van der Waals surface area (Å²) in [5.41, 5.74) is 0. The largest absolute Gasteiger partial charge is 0.324 e. The topological polar surface area (TPSA) is 89.8 Å². The molecule has 0 aliphatic carbocycles. The molecule has 0 fully saturated rings. The first-order chi connectivity index (χ1) is 7.90. The van der Waals surface area contributed by atoms with Crippen LogP contribution in [-0.2, 0) is 17.1 Å². The molecule has 0 amide bonds. The van der Waals surface area contributed by atoms with Crippen molar-refractivity contribution in [2.45, 2.75) is 11.9 Å². The monoisotopic (exact) mass is 293 g/mol. The lowest BCUT2D eigenvalue weighted by Crippen LogP contribution is -2.13. The van der Waals surface area contributed by atoms with E-state index >= 15 is 0 Å². The maximum absolute atomic E-state index is 11.9. The molecule has 0 unspecified atom stereocenters. The summed E-state index contributed by atoms with van der Waals surface area (Å²) in [6.45, 7) is 1.67. The van der Waals surface area contributed by atoms with Crippen molar-refractivity contribution in [3.05, 3.63) is 17.3 Å². The predicted molar refractivity (Wildman–Crippen MR) is 63.7 cm³/mol. The predicted octanol–water partition coefficient (Wildman–Crippen LogP) is 1.03. The van der Waals surface area contributed by atoms with Gasteiger partial charge in [0.15, 0.2) is 0 Å². The van der Waals surface area contributed by atoms with Gasteiger partial charge in [-0.05, 0) is 6.92 Å². The van der Waals surface area contributed by atoms with E-state index in [0.717, 1.165) is 11.5 Å². The summed E-state index contributed by atoms with van der Waals surface area (Å²) >= 11 is 6.77. The third-order valence-corrected chi connectivity index (χ3v) is 4.52. The van der Waals surface area contributed by atoms with Crippen molar-refractivity contribution in [1.29, 1.82) is 0 Å². The van der Waals surface area contributed by atoms with Crippen molar-refractivity contribution in [2.75, 3.05) is 4.72 Å². The van der Waals surface area contributed by atoms with Gasteiger partial charge in [-0.25, -0.2) is 9.97 Å². The van der Waals surface area contributed by atoms with Crippen LogP contribution in [0.25, 0.3) is 0 Å². The maximum Gasteiger partial charge on any atom is 0.284 e. The van der Waals surface area contributed by atoms with Crippen LogP contribution < -0.4 is 4.72 Å². The lowest BCUT2D eigenvalue weighted by molar-refractivity contribution is 0.598. The molecule has 17 heavy (non-hydrogen) atoms. The van der Waals surface area contributed by atoms with Gasteiger partial charge in [0.1, 0.15) is 11.0 Å². The molecule has 0 saturated carbocycles. The van der Waals surface area contributed by atoms with Gasteiger partial charge >= 0.3 is 0 Å². The van der Waals surface area contributed by atoms with Crippen LogP contribution in [-0.4, -0.2) is 27.3 Å². The SMILES string of the molecule is Cc1nsc(NS(=O)(=O)c2ncn(C)c2Cl)n1. The van der Waals surface area contributed by atoms with Crippen LogP contribution in [0.2, 0.25) is 5.15 Å². The molecule has 0 bridgehead atoms. The Labute approximate surface area is 107 Å². The van der Waals surface area contributed by atoms with Crippen molar-refractivity contribution in [3.8, 4) is 0 Å². The van der Waals surface area contributed by atoms with Crippen LogP contribution >= 0.6 is 23.1 Å². The summed E-state index contributed by atoms with van der Waals surface area (Å²) in [4.78, 5) is 7.62. The molecule has 10 heteroatoms. The number of nitrogens with zero attached hydrogens (tertiary/aromatic N) is 4. The molecular weight excluding hydrogens is 286 g/mol. The van der Waals surface area contributed by atoms with Crippen LogP contribution in [0.15, 0.2) is 11.4 Å². The summed E-state index contributed by atoms with van der Waals surface area (Å²) in [6, 6.07) is 0. The van der Waals surface area contributed by atoms with E-state index in [1.807, 2.05) is 0 Å². The second-order valence-corrected chi connectivity index (χ2v) is 5.91. The second-order valence-electron chi connectivity index (χ2n) is 3.20. The van der Waals surface area contributed by atoms with Gasteiger partial charge in [-0.3, -0.25) is 4.72 Å². The van der Waals surface area contributed by atoms with Crippen LogP contribution in [0.5, 0.6) is 0 Å². The summed E-state index contributed by atoms with van der Waals surface area (Å²) in [6.07, 6.45) is 1.32. The van der Waals surface area contributed by atoms with Crippen LogP contribution in [0.4, 0.5) is 5.13 Å². The number of aromatic nitrogens is 4. The number of anilines is 1. The molecule has 0 radical (unpaired) electrons. The Kier molecular flexibility index (Phi) is 3.06. The Morgan fingerprint density at radius 2 is 2.24 bits per heavy atom. The zero-order valence-electron chi connectivity index (χ0n) is 8.88. The summed E-state index contributed by atoms with van der Waals surface area (Å²) in [5, 5.41) is -0.00234. The minimum atomic E-state index is -3.82. The highest BCUT2D eigenvalue weighted by molar-refractivity contribution is 7.92. The molecule has 7 nitrogen and oxygen atoms in total. The van der Waals surface area contributed by atoms with E-state index in [-0.39, 0.29) is 15.3 Å². The number of aryl methyl sites for hydroxylation is 2. The molecule has 92 valence electrons. The van der Waals surface area contributed by atoms with Crippen molar-refractivity contribution in [3.63, 3.8) is 0 Å². The highest BCUT2D eigenvalue weighted by Gasteiger charge is 2.23. The lowest BCUT2D eigenvalue weighted by atomic mass is 10.8. The minimum Gasteiger partial charge on any atom is -0.324 e. The fourth-order valence-corrected chi connectivity index (χ4v) is 3.31. The van der Waals surface area contributed by atoms with Crippen molar-refractivity contribution < 1.29 is 8.42 Å². The Morgan fingerprint density at radius 3 is 2.71 bits per heavy atom. The Hall–Kier alpha value is -1.19. The highest BCUT2D eigenvalue weighted by atomic mass is 35.5. The zero-order chi connectivity index (χ0) is 12.6. The number of sulfonamides is 1. The average Bonchev–Trinajstić information content (AvgIpc) is 2.75. The van der Waals surface area contributed by atoms with Crippen LogP contribution in [0.1, 0.15) is 5.82 Å². The summed E-state index contributed by atoms with van der Waals surface area (Å²) in [7, 11) is -2.22. The molecule has 2 rings (SSSR count). The van der Waals surface area contributed by atoms with E-state index in [4.69, 9.17) is 11.6 Å². The van der Waals surface area contributed by atoms with E-state index in [1.165, 1.54) is 10.9 Å². The molecule has 2 aromatic rings. The first-order valence-electron chi connectivity index (χ1n) is 4.40. The molecule has 0 aromatic carbocycles. The molecule has 1 N–H and O–H groups in total. The molecule has 2 heterocycles. The van der Waals surface area contributed by atoms with Gasteiger partial charge in [0.2, 0.25) is 10.2 Å². The summed E-state index contributed by atoms with van der Waals surface area (Å²) in [5.74, 6) is 0.500. The maximum atomic E-state index is 11.9. The number of hydrogen-bond donors (Lipinski definition) is 1. The van der Waals surface area contributed by atoms with Crippen molar-refractivity contribution >= 4 is 38.3 Å². The van der Waals surface area contributed by atoms with E-state index in [9.17, 15) is 8.42 Å². The van der Waals surface area contributed by atoms with E-state index in [1.54, 1.807) is 14.0 Å². The van der Waals surface area contributed by atoms with E-state index in [0.29, 0.717) is 5.82 Å². The first kappa shape index (κ1) is 12.3. The van der Waals surface area contributed by atoms with Gasteiger partial charge in [0.05, 0.1) is 6.33 Å². The van der Waals surface area contributed by atoms with Crippen molar-refractivity contribution in [2.24, 2.45) is 7.05 Å². The molecule has 2 aromatic heterocycles. The Bertz CT molecular complexity index is 647.